The number of hydrogen-bond donors (Lipinski definition) is 1. The lowest BCUT2D eigenvalue weighted by Crippen LogP contribution is -2.12. The van der Waals surface area contributed by atoms with Crippen LogP contribution in [0.2, 0.25) is 5.02 Å². The Morgan fingerprint density at radius 3 is 2.71 bits per heavy atom. The molecule has 0 saturated heterocycles. The third-order valence-corrected chi connectivity index (χ3v) is 3.95. The van der Waals surface area contributed by atoms with Gasteiger partial charge in [-0.1, -0.05) is 17.7 Å². The molecule has 2 rings (SSSR count). The summed E-state index contributed by atoms with van der Waals surface area (Å²) in [4.78, 5) is 12.9. The fraction of sp³-hybridized carbons (Fsp3) is 0.125. The first-order chi connectivity index (χ1) is 10.2. The van der Waals surface area contributed by atoms with Crippen molar-refractivity contribution >= 4 is 35.0 Å². The largest absolute Gasteiger partial charge is 0.326 e. The molecule has 3 nitrogen and oxygen atoms in total. The zero-order valence-corrected chi connectivity index (χ0v) is 12.7. The lowest BCUT2D eigenvalue weighted by atomic mass is 10.2. The van der Waals surface area contributed by atoms with Gasteiger partial charge < -0.3 is 5.32 Å². The van der Waals surface area contributed by atoms with Crippen molar-refractivity contribution < 1.29 is 4.79 Å². The Balaban J connectivity index is 1.79. The smallest absolute Gasteiger partial charge is 0.225 e. The second-order valence-corrected chi connectivity index (χ2v) is 5.90. The van der Waals surface area contributed by atoms with Gasteiger partial charge in [-0.25, -0.2) is 0 Å². The summed E-state index contributed by atoms with van der Waals surface area (Å²) >= 11 is 7.42. The molecule has 0 aliphatic rings. The molecular weight excluding hydrogens is 304 g/mol. The summed E-state index contributed by atoms with van der Waals surface area (Å²) in [6.07, 6.45) is 0.407. The van der Waals surface area contributed by atoms with Gasteiger partial charge in [0.25, 0.3) is 0 Å². The number of rotatable bonds is 5. The average molecular weight is 317 g/mol. The van der Waals surface area contributed by atoms with Gasteiger partial charge in [0.2, 0.25) is 5.91 Å². The van der Waals surface area contributed by atoms with Crippen molar-refractivity contribution in [2.45, 2.75) is 11.3 Å². The second kappa shape index (κ2) is 7.72. The highest BCUT2D eigenvalue weighted by molar-refractivity contribution is 7.99. The third-order valence-electron chi connectivity index (χ3n) is 2.69. The first-order valence-corrected chi connectivity index (χ1v) is 7.72. The van der Waals surface area contributed by atoms with Crippen LogP contribution in [0.4, 0.5) is 5.69 Å². The van der Waals surface area contributed by atoms with E-state index in [2.05, 4.69) is 5.32 Å². The number of amides is 1. The molecule has 2 aromatic carbocycles. The second-order valence-electron chi connectivity index (χ2n) is 4.29. The van der Waals surface area contributed by atoms with Crippen molar-refractivity contribution in [2.75, 3.05) is 11.1 Å². The van der Waals surface area contributed by atoms with E-state index in [9.17, 15) is 4.79 Å². The predicted octanol–water partition coefficient (Wildman–Crippen LogP) is 4.33. The van der Waals surface area contributed by atoms with E-state index >= 15 is 0 Å². The van der Waals surface area contributed by atoms with Crippen LogP contribution >= 0.6 is 23.4 Å². The molecule has 0 radical (unpaired) electrons. The minimum Gasteiger partial charge on any atom is -0.326 e. The summed E-state index contributed by atoms with van der Waals surface area (Å²) in [6, 6.07) is 16.4. The number of carbonyl (C=O) groups is 1. The molecule has 0 saturated carbocycles. The van der Waals surface area contributed by atoms with Crippen molar-refractivity contribution in [1.82, 2.24) is 0 Å². The van der Waals surface area contributed by atoms with Crippen LogP contribution in [0.1, 0.15) is 12.0 Å². The fourth-order valence-corrected chi connectivity index (χ4v) is 2.66. The number of nitrogens with zero attached hydrogens (tertiary/aromatic N) is 1. The molecule has 21 heavy (non-hydrogen) atoms. The Kier molecular flexibility index (Phi) is 5.68. The van der Waals surface area contributed by atoms with Crippen LogP contribution < -0.4 is 5.32 Å². The first-order valence-electron chi connectivity index (χ1n) is 6.36. The molecule has 2 aromatic rings. The van der Waals surface area contributed by atoms with Crippen LogP contribution in [-0.2, 0) is 4.79 Å². The lowest BCUT2D eigenvalue weighted by Gasteiger charge is -2.05. The minimum absolute atomic E-state index is 0.0634. The van der Waals surface area contributed by atoms with Crippen molar-refractivity contribution in [2.24, 2.45) is 0 Å². The molecule has 0 heterocycles. The minimum atomic E-state index is -0.0634. The number of carbonyl (C=O) groups excluding carboxylic acids is 1. The standard InChI is InChI=1S/C16H13ClN2OS/c17-13-4-6-15(7-5-13)21-9-8-16(20)19-14-3-1-2-12(10-14)11-18/h1-7,10H,8-9H2,(H,19,20). The average Bonchev–Trinajstić information content (AvgIpc) is 2.49. The summed E-state index contributed by atoms with van der Waals surface area (Å²) in [7, 11) is 0. The van der Waals surface area contributed by atoms with Gasteiger partial charge in [0.15, 0.2) is 0 Å². The molecule has 5 heteroatoms. The normalized spacial score (nSPS) is 9.90. The molecule has 0 bridgehead atoms. The lowest BCUT2D eigenvalue weighted by molar-refractivity contribution is -0.115. The molecule has 0 unspecified atom stereocenters. The molecule has 1 amide bonds. The highest BCUT2D eigenvalue weighted by atomic mass is 35.5. The maximum Gasteiger partial charge on any atom is 0.225 e. The van der Waals surface area contributed by atoms with Crippen molar-refractivity contribution in [1.29, 1.82) is 5.26 Å². The van der Waals surface area contributed by atoms with Crippen LogP contribution in [0.3, 0.4) is 0 Å². The van der Waals surface area contributed by atoms with Gasteiger partial charge in [-0.15, -0.1) is 11.8 Å². The van der Waals surface area contributed by atoms with E-state index in [-0.39, 0.29) is 5.91 Å². The Hall–Kier alpha value is -1.96. The van der Waals surface area contributed by atoms with E-state index in [0.717, 1.165) is 4.90 Å². The van der Waals surface area contributed by atoms with Gasteiger partial charge in [0, 0.05) is 27.8 Å². The number of nitriles is 1. The van der Waals surface area contributed by atoms with Crippen molar-refractivity contribution in [3.63, 3.8) is 0 Å². The first kappa shape index (κ1) is 15.4. The van der Waals surface area contributed by atoms with Crippen LogP contribution in [0.5, 0.6) is 0 Å². The molecule has 0 atom stereocenters. The highest BCUT2D eigenvalue weighted by Crippen LogP contribution is 2.21. The summed E-state index contributed by atoms with van der Waals surface area (Å²) in [5.41, 5.74) is 1.18. The predicted molar refractivity (Wildman–Crippen MR) is 86.6 cm³/mol. The summed E-state index contributed by atoms with van der Waals surface area (Å²) in [5, 5.41) is 12.3. The van der Waals surface area contributed by atoms with Crippen LogP contribution in [-0.4, -0.2) is 11.7 Å². The van der Waals surface area contributed by atoms with Gasteiger partial charge >= 0.3 is 0 Å². The molecular formula is C16H13ClN2OS. The van der Waals surface area contributed by atoms with Gasteiger partial charge in [-0.2, -0.15) is 5.26 Å². The highest BCUT2D eigenvalue weighted by Gasteiger charge is 2.04. The summed E-state index contributed by atoms with van der Waals surface area (Å²) in [6.45, 7) is 0. The molecule has 1 N–H and O–H groups in total. The van der Waals surface area contributed by atoms with Crippen molar-refractivity contribution in [3.05, 3.63) is 59.1 Å². The zero-order valence-electron chi connectivity index (χ0n) is 11.2. The molecule has 106 valence electrons. The Morgan fingerprint density at radius 2 is 2.00 bits per heavy atom. The maximum atomic E-state index is 11.8. The Morgan fingerprint density at radius 1 is 1.24 bits per heavy atom. The van der Waals surface area contributed by atoms with E-state index in [1.54, 1.807) is 36.0 Å². The van der Waals surface area contributed by atoms with Crippen molar-refractivity contribution in [3.8, 4) is 6.07 Å². The van der Waals surface area contributed by atoms with Gasteiger partial charge in [-0.05, 0) is 42.5 Å². The van der Waals surface area contributed by atoms with E-state index in [4.69, 9.17) is 16.9 Å². The SMILES string of the molecule is N#Cc1cccc(NC(=O)CCSc2ccc(Cl)cc2)c1. The third kappa shape index (κ3) is 5.14. The number of hydrogen-bond acceptors (Lipinski definition) is 3. The molecule has 0 aliphatic carbocycles. The quantitative estimate of drug-likeness (QED) is 0.835. The van der Waals surface area contributed by atoms with E-state index in [1.807, 2.05) is 30.3 Å². The van der Waals surface area contributed by atoms with Crippen LogP contribution in [0, 0.1) is 11.3 Å². The number of nitrogens with one attached hydrogen (secondary N) is 1. The van der Waals surface area contributed by atoms with Gasteiger partial charge in [0.05, 0.1) is 11.6 Å². The maximum absolute atomic E-state index is 11.8. The number of halogens is 1. The molecule has 0 aliphatic heterocycles. The molecule has 0 spiro atoms. The molecule has 0 fully saturated rings. The van der Waals surface area contributed by atoms with Crippen LogP contribution in [0.25, 0.3) is 0 Å². The van der Waals surface area contributed by atoms with E-state index in [0.29, 0.717) is 28.4 Å². The van der Waals surface area contributed by atoms with E-state index in [1.165, 1.54) is 0 Å². The van der Waals surface area contributed by atoms with Gasteiger partial charge in [-0.3, -0.25) is 4.79 Å². The van der Waals surface area contributed by atoms with E-state index < -0.39 is 0 Å². The number of thioether (sulfide) groups is 1. The van der Waals surface area contributed by atoms with Crippen LogP contribution in [0.15, 0.2) is 53.4 Å². The number of benzene rings is 2. The number of anilines is 1. The fourth-order valence-electron chi connectivity index (χ4n) is 1.68. The summed E-state index contributed by atoms with van der Waals surface area (Å²) in [5.74, 6) is 0.623. The Labute approximate surface area is 132 Å². The summed E-state index contributed by atoms with van der Waals surface area (Å²) < 4.78 is 0. The topological polar surface area (TPSA) is 52.9 Å². The molecule has 0 aromatic heterocycles. The monoisotopic (exact) mass is 316 g/mol. The Bertz CT molecular complexity index is 665. The zero-order chi connectivity index (χ0) is 15.1. The van der Waals surface area contributed by atoms with Gasteiger partial charge in [0.1, 0.15) is 0 Å².